The Morgan fingerprint density at radius 2 is 2.29 bits per heavy atom. The highest BCUT2D eigenvalue weighted by Gasteiger charge is 2.36. The Bertz CT molecular complexity index is 510. The second kappa shape index (κ2) is 3.58. The lowest BCUT2D eigenvalue weighted by atomic mass is 10.1. The monoisotopic (exact) mass is 230 g/mol. The molecule has 2 heterocycles. The molecule has 2 aliphatic heterocycles. The van der Waals surface area contributed by atoms with E-state index in [0.29, 0.717) is 5.56 Å². The summed E-state index contributed by atoms with van der Waals surface area (Å²) in [4.78, 5) is 25.3. The average Bonchev–Trinajstić information content (AvgIpc) is 2.78. The standard InChI is InChI=1S/C13H14N2O2/c1-8(16)9-4-5-11-10(7-9)14-13(17)12-3-2-6-15(11)12/h4-5,7,12H,2-3,6H2,1H3,(H,14,17)/t12-/m1/s1. The van der Waals surface area contributed by atoms with Gasteiger partial charge in [-0.3, -0.25) is 9.59 Å². The zero-order valence-corrected chi connectivity index (χ0v) is 9.69. The number of hydrogen-bond acceptors (Lipinski definition) is 3. The Labute approximate surface area is 99.6 Å². The number of nitrogens with zero attached hydrogens (tertiary/aromatic N) is 1. The van der Waals surface area contributed by atoms with Crippen LogP contribution in [0.5, 0.6) is 0 Å². The number of anilines is 2. The van der Waals surface area contributed by atoms with Crippen LogP contribution in [0, 0.1) is 0 Å². The van der Waals surface area contributed by atoms with Crippen molar-refractivity contribution in [2.45, 2.75) is 25.8 Å². The highest BCUT2D eigenvalue weighted by molar-refractivity contribution is 6.06. The number of nitrogens with one attached hydrogen (secondary N) is 1. The lowest BCUT2D eigenvalue weighted by Gasteiger charge is -2.33. The third kappa shape index (κ3) is 1.52. The Morgan fingerprint density at radius 3 is 3.06 bits per heavy atom. The molecular weight excluding hydrogens is 216 g/mol. The molecule has 88 valence electrons. The van der Waals surface area contributed by atoms with E-state index in [0.717, 1.165) is 30.8 Å². The van der Waals surface area contributed by atoms with Crippen molar-refractivity contribution >= 4 is 23.1 Å². The number of hydrogen-bond donors (Lipinski definition) is 1. The number of amides is 1. The molecule has 1 fully saturated rings. The summed E-state index contributed by atoms with van der Waals surface area (Å²) < 4.78 is 0. The lowest BCUT2D eigenvalue weighted by Crippen LogP contribution is -2.43. The summed E-state index contributed by atoms with van der Waals surface area (Å²) in [5, 5.41) is 2.89. The summed E-state index contributed by atoms with van der Waals surface area (Å²) in [5.41, 5.74) is 2.44. The minimum atomic E-state index is -0.0225. The van der Waals surface area contributed by atoms with Crippen LogP contribution in [-0.4, -0.2) is 24.3 Å². The number of Topliss-reactive ketones (excluding diaryl/α,β-unsaturated/α-hetero) is 1. The predicted molar refractivity (Wildman–Crippen MR) is 65.4 cm³/mol. The van der Waals surface area contributed by atoms with Crippen molar-refractivity contribution < 1.29 is 9.59 Å². The van der Waals surface area contributed by atoms with Gasteiger partial charge in [-0.15, -0.1) is 0 Å². The summed E-state index contributed by atoms with van der Waals surface area (Å²) in [6, 6.07) is 5.51. The van der Waals surface area contributed by atoms with Crippen molar-refractivity contribution in [1.29, 1.82) is 0 Å². The van der Waals surface area contributed by atoms with Crippen LogP contribution in [0.25, 0.3) is 0 Å². The van der Waals surface area contributed by atoms with Crippen LogP contribution in [0.2, 0.25) is 0 Å². The van der Waals surface area contributed by atoms with Crippen molar-refractivity contribution in [2.75, 3.05) is 16.8 Å². The molecule has 0 aromatic heterocycles. The molecule has 2 aliphatic rings. The Kier molecular flexibility index (Phi) is 2.18. The van der Waals surface area contributed by atoms with Gasteiger partial charge in [0.2, 0.25) is 5.91 Å². The third-order valence-electron chi connectivity index (χ3n) is 3.53. The van der Waals surface area contributed by atoms with Crippen LogP contribution in [0.1, 0.15) is 30.1 Å². The molecule has 0 bridgehead atoms. The maximum atomic E-state index is 11.9. The number of benzene rings is 1. The van der Waals surface area contributed by atoms with E-state index in [1.807, 2.05) is 12.1 Å². The zero-order chi connectivity index (χ0) is 12.0. The molecule has 1 saturated heterocycles. The molecule has 17 heavy (non-hydrogen) atoms. The largest absolute Gasteiger partial charge is 0.358 e. The van der Waals surface area contributed by atoms with Gasteiger partial charge in [0.25, 0.3) is 0 Å². The Hall–Kier alpha value is -1.84. The molecule has 0 spiro atoms. The topological polar surface area (TPSA) is 49.4 Å². The van der Waals surface area contributed by atoms with Gasteiger partial charge in [0, 0.05) is 12.1 Å². The molecule has 4 heteroatoms. The van der Waals surface area contributed by atoms with Gasteiger partial charge in [0.1, 0.15) is 6.04 Å². The highest BCUT2D eigenvalue weighted by Crippen LogP contribution is 2.37. The van der Waals surface area contributed by atoms with Gasteiger partial charge in [-0.25, -0.2) is 0 Å². The molecule has 4 nitrogen and oxygen atoms in total. The molecule has 1 amide bonds. The number of rotatable bonds is 1. The van der Waals surface area contributed by atoms with E-state index in [9.17, 15) is 9.59 Å². The predicted octanol–water partition coefficient (Wildman–Crippen LogP) is 1.81. The second-order valence-corrected chi connectivity index (χ2v) is 4.63. The van der Waals surface area contributed by atoms with Gasteiger partial charge in [0.05, 0.1) is 11.4 Å². The van der Waals surface area contributed by atoms with Crippen molar-refractivity contribution in [2.24, 2.45) is 0 Å². The Balaban J connectivity index is 2.07. The van der Waals surface area contributed by atoms with Gasteiger partial charge >= 0.3 is 0 Å². The van der Waals surface area contributed by atoms with Crippen LogP contribution in [0.3, 0.4) is 0 Å². The van der Waals surface area contributed by atoms with E-state index in [1.165, 1.54) is 6.92 Å². The fourth-order valence-corrected chi connectivity index (χ4v) is 2.65. The maximum absolute atomic E-state index is 11.9. The normalized spacial score (nSPS) is 21.8. The minimum absolute atomic E-state index is 0.0191. The van der Waals surface area contributed by atoms with Gasteiger partial charge in [-0.05, 0) is 38.0 Å². The zero-order valence-electron chi connectivity index (χ0n) is 9.69. The van der Waals surface area contributed by atoms with Crippen molar-refractivity contribution in [3.05, 3.63) is 23.8 Å². The number of fused-ring (bicyclic) bond motifs is 3. The van der Waals surface area contributed by atoms with Gasteiger partial charge in [-0.1, -0.05) is 0 Å². The molecule has 1 aromatic carbocycles. The van der Waals surface area contributed by atoms with E-state index in [4.69, 9.17) is 0 Å². The van der Waals surface area contributed by atoms with Crippen LogP contribution in [-0.2, 0) is 4.79 Å². The average molecular weight is 230 g/mol. The molecule has 1 atom stereocenters. The molecule has 0 radical (unpaired) electrons. The van der Waals surface area contributed by atoms with Crippen LogP contribution in [0.15, 0.2) is 18.2 Å². The van der Waals surface area contributed by atoms with E-state index >= 15 is 0 Å². The highest BCUT2D eigenvalue weighted by atomic mass is 16.2. The van der Waals surface area contributed by atoms with Gasteiger partial charge < -0.3 is 10.2 Å². The summed E-state index contributed by atoms with van der Waals surface area (Å²) >= 11 is 0. The number of carbonyl (C=O) groups excluding carboxylic acids is 2. The minimum Gasteiger partial charge on any atom is -0.358 e. The first kappa shape index (κ1) is 10.3. The van der Waals surface area contributed by atoms with Gasteiger partial charge in [-0.2, -0.15) is 0 Å². The lowest BCUT2D eigenvalue weighted by molar-refractivity contribution is -0.117. The van der Waals surface area contributed by atoms with E-state index in [1.54, 1.807) is 6.07 Å². The SMILES string of the molecule is CC(=O)c1ccc2c(c1)NC(=O)[C@H]1CCCN21. The summed E-state index contributed by atoms with van der Waals surface area (Å²) in [5.74, 6) is 0.0706. The first-order valence-electron chi connectivity index (χ1n) is 5.89. The molecule has 3 rings (SSSR count). The molecular formula is C13H14N2O2. The number of carbonyl (C=O) groups is 2. The summed E-state index contributed by atoms with van der Waals surface area (Å²) in [7, 11) is 0. The number of ketones is 1. The maximum Gasteiger partial charge on any atom is 0.247 e. The van der Waals surface area contributed by atoms with Crippen molar-refractivity contribution in [3.8, 4) is 0 Å². The first-order valence-corrected chi connectivity index (χ1v) is 5.89. The molecule has 1 aromatic rings. The van der Waals surface area contributed by atoms with Crippen molar-refractivity contribution in [1.82, 2.24) is 0 Å². The smallest absolute Gasteiger partial charge is 0.247 e. The van der Waals surface area contributed by atoms with Crippen molar-refractivity contribution in [3.63, 3.8) is 0 Å². The molecule has 0 aliphatic carbocycles. The quantitative estimate of drug-likeness (QED) is 0.748. The third-order valence-corrected chi connectivity index (χ3v) is 3.53. The summed E-state index contributed by atoms with van der Waals surface area (Å²) in [6.45, 7) is 2.45. The van der Waals surface area contributed by atoms with E-state index < -0.39 is 0 Å². The first-order chi connectivity index (χ1) is 8.16. The van der Waals surface area contributed by atoms with Gasteiger partial charge in [0.15, 0.2) is 5.78 Å². The van der Waals surface area contributed by atoms with Crippen LogP contribution < -0.4 is 10.2 Å². The van der Waals surface area contributed by atoms with Crippen LogP contribution in [0.4, 0.5) is 11.4 Å². The molecule has 1 N–H and O–H groups in total. The Morgan fingerprint density at radius 1 is 1.47 bits per heavy atom. The fraction of sp³-hybridized carbons (Fsp3) is 0.385. The van der Waals surface area contributed by atoms with E-state index in [2.05, 4.69) is 10.2 Å². The second-order valence-electron chi connectivity index (χ2n) is 4.63. The molecule has 0 saturated carbocycles. The molecule has 0 unspecified atom stereocenters. The summed E-state index contributed by atoms with van der Waals surface area (Å²) in [6.07, 6.45) is 1.96. The van der Waals surface area contributed by atoms with E-state index in [-0.39, 0.29) is 17.7 Å². The fourth-order valence-electron chi connectivity index (χ4n) is 2.65. The van der Waals surface area contributed by atoms with Crippen LogP contribution >= 0.6 is 0 Å².